The first-order chi connectivity index (χ1) is 13.5. The first-order valence-electron chi connectivity index (χ1n) is 8.67. The van der Waals surface area contributed by atoms with E-state index in [0.29, 0.717) is 12.1 Å². The van der Waals surface area contributed by atoms with Gasteiger partial charge in [-0.3, -0.25) is 4.79 Å². The largest absolute Gasteiger partial charge is 0.485 e. The number of hydrogen-bond donors (Lipinski definition) is 1. The van der Waals surface area contributed by atoms with Gasteiger partial charge in [0.25, 0.3) is 5.82 Å². The molecule has 1 amide bonds. The van der Waals surface area contributed by atoms with Crippen molar-refractivity contribution in [2.45, 2.75) is 38.1 Å². The zero-order valence-electron chi connectivity index (χ0n) is 15.3. The Morgan fingerprint density at radius 1 is 1.24 bits per heavy atom. The highest BCUT2D eigenvalue weighted by atomic mass is 19.4. The van der Waals surface area contributed by atoms with E-state index in [1.165, 1.54) is 11.9 Å². The predicted molar refractivity (Wildman–Crippen MR) is 86.4 cm³/mol. The van der Waals surface area contributed by atoms with Crippen LogP contribution in [0.15, 0.2) is 12.1 Å². The molecule has 0 saturated carbocycles. The fraction of sp³-hybridized carbons (Fsp3) is 0.471. The molecule has 1 aliphatic rings. The van der Waals surface area contributed by atoms with E-state index in [9.17, 15) is 31.1 Å². The van der Waals surface area contributed by atoms with Crippen molar-refractivity contribution in [2.75, 3.05) is 6.54 Å². The Kier molecular flexibility index (Phi) is 5.57. The monoisotopic (exact) mass is 422 g/mol. The summed E-state index contributed by atoms with van der Waals surface area (Å²) in [4.78, 5) is 13.8. The van der Waals surface area contributed by atoms with Crippen molar-refractivity contribution in [3.05, 3.63) is 46.8 Å². The number of aryl methyl sites for hydroxylation is 1. The van der Waals surface area contributed by atoms with Gasteiger partial charge in [0.05, 0.1) is 25.2 Å². The highest BCUT2D eigenvalue weighted by Gasteiger charge is 2.47. The van der Waals surface area contributed by atoms with Crippen molar-refractivity contribution < 1.29 is 35.7 Å². The lowest BCUT2D eigenvalue weighted by Gasteiger charge is -2.26. The summed E-state index contributed by atoms with van der Waals surface area (Å²) in [5.41, 5.74) is 5.69. The van der Waals surface area contributed by atoms with Crippen molar-refractivity contribution >= 4 is 5.91 Å². The summed E-state index contributed by atoms with van der Waals surface area (Å²) in [5, 5.41) is 3.48. The van der Waals surface area contributed by atoms with Gasteiger partial charge in [-0.1, -0.05) is 0 Å². The lowest BCUT2D eigenvalue weighted by molar-refractivity contribution is -0.728. The number of hydrogen-bond acceptors (Lipinski definition) is 3. The molecule has 3 rings (SSSR count). The predicted octanol–water partition coefficient (Wildman–Crippen LogP) is 1.45. The number of amides is 1. The molecule has 0 fully saturated rings. The van der Waals surface area contributed by atoms with Crippen LogP contribution in [-0.2, 0) is 37.5 Å². The second kappa shape index (κ2) is 7.65. The van der Waals surface area contributed by atoms with Crippen LogP contribution in [0.4, 0.5) is 26.3 Å². The van der Waals surface area contributed by atoms with Crippen LogP contribution in [0.25, 0.3) is 0 Å². The van der Waals surface area contributed by atoms with E-state index in [0.717, 1.165) is 9.25 Å². The van der Waals surface area contributed by atoms with Crippen LogP contribution in [0.3, 0.4) is 0 Å². The lowest BCUT2D eigenvalue weighted by Crippen LogP contribution is -2.55. The van der Waals surface area contributed by atoms with Crippen LogP contribution in [0, 0.1) is 17.5 Å². The zero-order valence-corrected chi connectivity index (χ0v) is 15.3. The molecule has 1 unspecified atom stereocenters. The Hall–Kier alpha value is -2.63. The SMILES string of the molecule is Cn1nc(C(F)(F)F)[n+]2c1CN(C(=O)CC(N)Cc1cc(F)c(F)cc1F)CC2. The first kappa shape index (κ1) is 21.1. The standard InChI is InChI=1S/C17H18F6N5O/c1-26-14-8-27(2-3-28(14)16(25-26)17(21,22)23)15(29)6-10(24)4-9-5-12(19)13(20)7-11(9)18/h5,7,10H,2-4,6,8,24H2,1H3/q+1. The molecule has 1 aliphatic heterocycles. The fourth-order valence-electron chi connectivity index (χ4n) is 3.29. The molecule has 12 heteroatoms. The van der Waals surface area contributed by atoms with Gasteiger partial charge in [0.15, 0.2) is 11.6 Å². The number of alkyl halides is 3. The van der Waals surface area contributed by atoms with Gasteiger partial charge in [-0.15, -0.1) is 4.68 Å². The Bertz CT molecular complexity index is 941. The topological polar surface area (TPSA) is 68.0 Å². The number of nitrogens with zero attached hydrogens (tertiary/aromatic N) is 4. The van der Waals surface area contributed by atoms with Crippen LogP contribution in [0.5, 0.6) is 0 Å². The molecule has 0 radical (unpaired) electrons. The Morgan fingerprint density at radius 2 is 1.90 bits per heavy atom. The summed E-state index contributed by atoms with van der Waals surface area (Å²) >= 11 is 0. The number of carbonyl (C=O) groups excluding carboxylic acids is 1. The van der Waals surface area contributed by atoms with E-state index in [1.54, 1.807) is 0 Å². The summed E-state index contributed by atoms with van der Waals surface area (Å²) in [6.07, 6.45) is -5.05. The van der Waals surface area contributed by atoms with E-state index >= 15 is 0 Å². The first-order valence-corrected chi connectivity index (χ1v) is 8.67. The average Bonchev–Trinajstić information content (AvgIpc) is 2.96. The van der Waals surface area contributed by atoms with Crippen molar-refractivity contribution in [1.82, 2.24) is 14.7 Å². The minimum Gasteiger partial charge on any atom is -0.329 e. The number of aromatic nitrogens is 3. The molecule has 158 valence electrons. The summed E-state index contributed by atoms with van der Waals surface area (Å²) in [6, 6.07) is 0.212. The minimum absolute atomic E-state index is 0.0253. The normalized spacial score (nSPS) is 15.4. The van der Waals surface area contributed by atoms with Crippen molar-refractivity contribution in [3.63, 3.8) is 0 Å². The quantitative estimate of drug-likeness (QED) is 0.461. The average molecular weight is 422 g/mol. The van der Waals surface area contributed by atoms with Crippen LogP contribution >= 0.6 is 0 Å². The molecule has 6 nitrogen and oxygen atoms in total. The smallest absolute Gasteiger partial charge is 0.329 e. The molecule has 0 bridgehead atoms. The summed E-state index contributed by atoms with van der Waals surface area (Å²) in [7, 11) is 1.35. The van der Waals surface area contributed by atoms with Gasteiger partial charge in [-0.25, -0.2) is 17.7 Å². The molecule has 2 aromatic rings. The van der Waals surface area contributed by atoms with Gasteiger partial charge in [-0.2, -0.15) is 13.2 Å². The van der Waals surface area contributed by atoms with Crippen molar-refractivity contribution in [3.8, 4) is 0 Å². The van der Waals surface area contributed by atoms with Gasteiger partial charge in [0.1, 0.15) is 12.4 Å². The molecule has 1 aromatic heterocycles. The lowest BCUT2D eigenvalue weighted by atomic mass is 10.0. The van der Waals surface area contributed by atoms with Gasteiger partial charge in [-0.05, 0) is 18.1 Å². The van der Waals surface area contributed by atoms with Crippen LogP contribution in [0.2, 0.25) is 0 Å². The van der Waals surface area contributed by atoms with E-state index in [1.807, 2.05) is 0 Å². The third-order valence-electron chi connectivity index (χ3n) is 4.73. The second-order valence-corrected chi connectivity index (χ2v) is 6.85. The third kappa shape index (κ3) is 4.36. The molecule has 2 heterocycles. The highest BCUT2D eigenvalue weighted by molar-refractivity contribution is 5.76. The number of halogens is 6. The van der Waals surface area contributed by atoms with Crippen molar-refractivity contribution in [2.24, 2.45) is 12.8 Å². The Balaban J connectivity index is 1.67. The number of nitrogens with two attached hydrogens (primary N) is 1. The number of carbonyl (C=O) groups is 1. The van der Waals surface area contributed by atoms with E-state index in [4.69, 9.17) is 5.73 Å². The summed E-state index contributed by atoms with van der Waals surface area (Å²) < 4.78 is 81.2. The number of benzene rings is 1. The molecule has 2 N–H and O–H groups in total. The van der Waals surface area contributed by atoms with Crippen molar-refractivity contribution in [1.29, 1.82) is 0 Å². The molecule has 1 atom stereocenters. The molecule has 0 spiro atoms. The number of fused-ring (bicyclic) bond motifs is 1. The summed E-state index contributed by atoms with van der Waals surface area (Å²) in [5.74, 6) is -4.80. The van der Waals surface area contributed by atoms with Gasteiger partial charge < -0.3 is 10.6 Å². The fourth-order valence-corrected chi connectivity index (χ4v) is 3.29. The maximum absolute atomic E-state index is 13.7. The minimum atomic E-state index is -4.61. The van der Waals surface area contributed by atoms with Gasteiger partial charge >= 0.3 is 12.0 Å². The van der Waals surface area contributed by atoms with Gasteiger partial charge in [0, 0.05) is 18.5 Å². The molecular formula is C17H18F6N5O+. The third-order valence-corrected chi connectivity index (χ3v) is 4.73. The Labute approximate surface area is 161 Å². The number of rotatable bonds is 4. The van der Waals surface area contributed by atoms with Crippen LogP contribution in [-0.4, -0.2) is 33.2 Å². The maximum atomic E-state index is 13.7. The van der Waals surface area contributed by atoms with E-state index in [2.05, 4.69) is 5.10 Å². The second-order valence-electron chi connectivity index (χ2n) is 6.85. The molecular weight excluding hydrogens is 404 g/mol. The van der Waals surface area contributed by atoms with E-state index in [-0.39, 0.29) is 43.9 Å². The van der Waals surface area contributed by atoms with E-state index < -0.39 is 41.4 Å². The Morgan fingerprint density at radius 3 is 2.55 bits per heavy atom. The summed E-state index contributed by atoms with van der Waals surface area (Å²) in [6.45, 7) is -0.154. The molecule has 0 saturated heterocycles. The van der Waals surface area contributed by atoms with Crippen LogP contribution in [0.1, 0.15) is 23.6 Å². The van der Waals surface area contributed by atoms with Gasteiger partial charge in [0.2, 0.25) is 5.91 Å². The molecule has 29 heavy (non-hydrogen) atoms. The molecule has 1 aromatic carbocycles. The maximum Gasteiger partial charge on any atom is 0.485 e. The highest BCUT2D eigenvalue weighted by Crippen LogP contribution is 2.26. The molecule has 0 aliphatic carbocycles. The zero-order chi connectivity index (χ0) is 21.5. The van der Waals surface area contributed by atoms with Crippen LogP contribution < -0.4 is 10.3 Å².